The molecule has 0 aliphatic carbocycles. The Morgan fingerprint density at radius 3 is 2.64 bits per heavy atom. The first-order valence-corrected chi connectivity index (χ1v) is 5.83. The lowest BCUT2D eigenvalue weighted by atomic mass is 9.66. The maximum Gasteiger partial charge on any atom is 0.0665 e. The van der Waals surface area contributed by atoms with Crippen molar-refractivity contribution in [2.45, 2.75) is 52.6 Å². The molecule has 1 aliphatic rings. The minimum Gasteiger partial charge on any atom is -0.390 e. The van der Waals surface area contributed by atoms with Gasteiger partial charge in [0, 0.05) is 0 Å². The highest BCUT2D eigenvalue weighted by Crippen LogP contribution is 2.41. The van der Waals surface area contributed by atoms with Crippen LogP contribution in [0, 0.1) is 11.3 Å². The number of nitrogens with one attached hydrogen (secondary N) is 1. The molecule has 0 aromatic heterocycles. The van der Waals surface area contributed by atoms with Crippen LogP contribution in [-0.4, -0.2) is 23.8 Å². The second-order valence-electron chi connectivity index (χ2n) is 5.54. The summed E-state index contributed by atoms with van der Waals surface area (Å²) in [6.07, 6.45) is 3.10. The van der Waals surface area contributed by atoms with Crippen LogP contribution in [0.4, 0.5) is 0 Å². The monoisotopic (exact) mass is 199 g/mol. The van der Waals surface area contributed by atoms with Crippen LogP contribution in [0.15, 0.2) is 0 Å². The molecule has 0 aromatic carbocycles. The normalized spacial score (nSPS) is 35.4. The quantitative estimate of drug-likeness (QED) is 0.714. The van der Waals surface area contributed by atoms with E-state index in [0.717, 1.165) is 32.4 Å². The van der Waals surface area contributed by atoms with Gasteiger partial charge in [-0.1, -0.05) is 27.2 Å². The second kappa shape index (κ2) is 4.19. The molecule has 0 amide bonds. The van der Waals surface area contributed by atoms with Crippen LogP contribution in [0.2, 0.25) is 0 Å². The third kappa shape index (κ3) is 2.48. The molecule has 2 unspecified atom stereocenters. The van der Waals surface area contributed by atoms with Crippen LogP contribution in [0.3, 0.4) is 0 Å². The summed E-state index contributed by atoms with van der Waals surface area (Å²) in [4.78, 5) is 0. The van der Waals surface area contributed by atoms with Crippen LogP contribution in [0.25, 0.3) is 0 Å². The molecule has 0 bridgehead atoms. The van der Waals surface area contributed by atoms with Gasteiger partial charge in [0.15, 0.2) is 0 Å². The minimum absolute atomic E-state index is 0.246. The van der Waals surface area contributed by atoms with Gasteiger partial charge in [-0.3, -0.25) is 0 Å². The molecule has 1 aliphatic heterocycles. The Kier molecular flexibility index (Phi) is 3.59. The Balaban J connectivity index is 2.81. The van der Waals surface area contributed by atoms with Gasteiger partial charge in [0.2, 0.25) is 0 Å². The van der Waals surface area contributed by atoms with Crippen molar-refractivity contribution in [2.75, 3.05) is 13.1 Å². The summed E-state index contributed by atoms with van der Waals surface area (Å²) in [5, 5.41) is 13.8. The molecule has 0 saturated carbocycles. The van der Waals surface area contributed by atoms with Gasteiger partial charge in [-0.15, -0.1) is 0 Å². The summed E-state index contributed by atoms with van der Waals surface area (Å²) < 4.78 is 0. The standard InChI is InChI=1S/C12H25NO/c1-5-11(2,3)10-6-8-13-9-7-12(10,4)14/h10,13-14H,5-9H2,1-4H3. The minimum atomic E-state index is -0.497. The van der Waals surface area contributed by atoms with Crippen molar-refractivity contribution in [3.63, 3.8) is 0 Å². The first-order chi connectivity index (χ1) is 6.40. The Bertz CT molecular complexity index is 187. The van der Waals surface area contributed by atoms with E-state index in [4.69, 9.17) is 0 Å². The molecule has 84 valence electrons. The molecule has 1 saturated heterocycles. The Morgan fingerprint density at radius 2 is 2.07 bits per heavy atom. The van der Waals surface area contributed by atoms with Gasteiger partial charge in [0.05, 0.1) is 5.60 Å². The van der Waals surface area contributed by atoms with Crippen LogP contribution in [0.5, 0.6) is 0 Å². The maximum atomic E-state index is 10.4. The molecule has 0 radical (unpaired) electrons. The van der Waals surface area contributed by atoms with Gasteiger partial charge >= 0.3 is 0 Å². The largest absolute Gasteiger partial charge is 0.390 e. The van der Waals surface area contributed by atoms with Crippen molar-refractivity contribution in [2.24, 2.45) is 11.3 Å². The van der Waals surface area contributed by atoms with Gasteiger partial charge in [0.25, 0.3) is 0 Å². The maximum absolute atomic E-state index is 10.4. The molecule has 2 heteroatoms. The molecule has 0 spiro atoms. The fourth-order valence-corrected chi connectivity index (χ4v) is 2.68. The summed E-state index contributed by atoms with van der Waals surface area (Å²) in [7, 11) is 0. The SMILES string of the molecule is CCC(C)(C)C1CCNCCC1(C)O. The lowest BCUT2D eigenvalue weighted by Gasteiger charge is -2.42. The van der Waals surface area contributed by atoms with Crippen LogP contribution >= 0.6 is 0 Å². The summed E-state index contributed by atoms with van der Waals surface area (Å²) in [6, 6.07) is 0. The van der Waals surface area contributed by atoms with Gasteiger partial charge in [0.1, 0.15) is 0 Å². The Labute approximate surface area is 88.1 Å². The van der Waals surface area contributed by atoms with Crippen molar-refractivity contribution >= 4 is 0 Å². The lowest BCUT2D eigenvalue weighted by molar-refractivity contribution is -0.0559. The first-order valence-electron chi connectivity index (χ1n) is 5.83. The highest BCUT2D eigenvalue weighted by Gasteiger charge is 2.41. The molecular weight excluding hydrogens is 174 g/mol. The lowest BCUT2D eigenvalue weighted by Crippen LogP contribution is -2.43. The molecule has 2 atom stereocenters. The highest BCUT2D eigenvalue weighted by atomic mass is 16.3. The fourth-order valence-electron chi connectivity index (χ4n) is 2.68. The van der Waals surface area contributed by atoms with Gasteiger partial charge in [-0.05, 0) is 44.2 Å². The van der Waals surface area contributed by atoms with E-state index in [1.54, 1.807) is 0 Å². The van der Waals surface area contributed by atoms with E-state index in [9.17, 15) is 5.11 Å². The van der Waals surface area contributed by atoms with Crippen molar-refractivity contribution in [3.8, 4) is 0 Å². The Morgan fingerprint density at radius 1 is 1.43 bits per heavy atom. The molecule has 0 aromatic rings. The van der Waals surface area contributed by atoms with Crippen LogP contribution < -0.4 is 5.32 Å². The molecule has 1 rings (SSSR count). The molecule has 1 heterocycles. The van der Waals surface area contributed by atoms with Crippen LogP contribution in [0.1, 0.15) is 47.0 Å². The summed E-state index contributed by atoms with van der Waals surface area (Å²) in [5.74, 6) is 0.412. The van der Waals surface area contributed by atoms with Crippen molar-refractivity contribution in [1.82, 2.24) is 5.32 Å². The zero-order valence-corrected chi connectivity index (χ0v) is 10.1. The number of aliphatic hydroxyl groups is 1. The molecule has 2 nitrogen and oxygen atoms in total. The van der Waals surface area contributed by atoms with E-state index < -0.39 is 5.60 Å². The summed E-state index contributed by atoms with van der Waals surface area (Å²) in [6.45, 7) is 10.8. The summed E-state index contributed by atoms with van der Waals surface area (Å²) >= 11 is 0. The van der Waals surface area contributed by atoms with Crippen molar-refractivity contribution in [3.05, 3.63) is 0 Å². The van der Waals surface area contributed by atoms with E-state index in [0.29, 0.717) is 5.92 Å². The van der Waals surface area contributed by atoms with E-state index in [-0.39, 0.29) is 5.41 Å². The smallest absolute Gasteiger partial charge is 0.0665 e. The third-order valence-corrected chi connectivity index (χ3v) is 4.02. The van der Waals surface area contributed by atoms with Gasteiger partial charge in [-0.25, -0.2) is 0 Å². The Hall–Kier alpha value is -0.0800. The van der Waals surface area contributed by atoms with E-state index in [1.165, 1.54) is 0 Å². The highest BCUT2D eigenvalue weighted by molar-refractivity contribution is 4.93. The molecule has 14 heavy (non-hydrogen) atoms. The number of hydrogen-bond donors (Lipinski definition) is 2. The third-order valence-electron chi connectivity index (χ3n) is 4.02. The van der Waals surface area contributed by atoms with Gasteiger partial charge in [-0.2, -0.15) is 0 Å². The number of rotatable bonds is 2. The van der Waals surface area contributed by atoms with E-state index >= 15 is 0 Å². The molecular formula is C12H25NO. The summed E-state index contributed by atoms with van der Waals surface area (Å²) in [5.41, 5.74) is -0.251. The van der Waals surface area contributed by atoms with E-state index in [1.807, 2.05) is 6.92 Å². The molecule has 1 fully saturated rings. The zero-order chi connectivity index (χ0) is 10.8. The van der Waals surface area contributed by atoms with E-state index in [2.05, 4.69) is 26.1 Å². The van der Waals surface area contributed by atoms with Crippen LogP contribution in [-0.2, 0) is 0 Å². The zero-order valence-electron chi connectivity index (χ0n) is 10.1. The second-order valence-corrected chi connectivity index (χ2v) is 5.54. The fraction of sp³-hybridized carbons (Fsp3) is 1.00. The predicted molar refractivity (Wildman–Crippen MR) is 60.3 cm³/mol. The first kappa shape index (κ1) is 12.0. The topological polar surface area (TPSA) is 32.3 Å². The average molecular weight is 199 g/mol. The number of hydrogen-bond acceptors (Lipinski definition) is 2. The average Bonchev–Trinajstić information content (AvgIpc) is 2.26. The van der Waals surface area contributed by atoms with Crippen molar-refractivity contribution < 1.29 is 5.11 Å². The van der Waals surface area contributed by atoms with Crippen molar-refractivity contribution in [1.29, 1.82) is 0 Å². The predicted octanol–water partition coefficient (Wildman–Crippen LogP) is 2.17. The van der Waals surface area contributed by atoms with Gasteiger partial charge < -0.3 is 10.4 Å². The molecule has 2 N–H and O–H groups in total.